The monoisotopic (exact) mass is 320 g/mol. The third kappa shape index (κ3) is 4.46. The fraction of sp³-hybridized carbons (Fsp3) is 0.353. The SMILES string of the molecule is FC(F)Oc1cccc(C2CN(Cc3ccccn3)CCO2)c1. The molecule has 0 spiro atoms. The van der Waals surface area contributed by atoms with Gasteiger partial charge in [0.2, 0.25) is 0 Å². The second kappa shape index (κ2) is 7.48. The Morgan fingerprint density at radius 2 is 2.17 bits per heavy atom. The van der Waals surface area contributed by atoms with Crippen LogP contribution in [-0.2, 0) is 11.3 Å². The lowest BCUT2D eigenvalue weighted by Gasteiger charge is -2.33. The zero-order valence-electron chi connectivity index (χ0n) is 12.6. The average Bonchev–Trinajstić information content (AvgIpc) is 2.56. The Labute approximate surface area is 133 Å². The maximum absolute atomic E-state index is 12.3. The third-order valence-electron chi connectivity index (χ3n) is 3.72. The van der Waals surface area contributed by atoms with Crippen LogP contribution in [0.4, 0.5) is 8.78 Å². The number of benzene rings is 1. The van der Waals surface area contributed by atoms with Crippen molar-refractivity contribution in [1.29, 1.82) is 0 Å². The Bertz CT molecular complexity index is 625. The molecule has 1 unspecified atom stereocenters. The topological polar surface area (TPSA) is 34.6 Å². The molecule has 1 aromatic heterocycles. The maximum atomic E-state index is 12.3. The van der Waals surface area contributed by atoms with Crippen LogP contribution in [0.3, 0.4) is 0 Å². The van der Waals surface area contributed by atoms with Gasteiger partial charge in [-0.2, -0.15) is 8.78 Å². The molecule has 1 aliphatic rings. The molecule has 0 bridgehead atoms. The first-order valence-electron chi connectivity index (χ1n) is 7.49. The first-order valence-corrected chi connectivity index (χ1v) is 7.49. The van der Waals surface area contributed by atoms with E-state index in [0.717, 1.165) is 24.3 Å². The Hall–Kier alpha value is -2.05. The van der Waals surface area contributed by atoms with Gasteiger partial charge in [-0.3, -0.25) is 9.88 Å². The predicted octanol–water partition coefficient (Wildman–Crippen LogP) is 3.26. The van der Waals surface area contributed by atoms with Crippen molar-refractivity contribution in [3.8, 4) is 5.75 Å². The van der Waals surface area contributed by atoms with Crippen molar-refractivity contribution < 1.29 is 18.3 Å². The molecule has 3 rings (SSSR count). The van der Waals surface area contributed by atoms with E-state index in [2.05, 4.69) is 14.6 Å². The van der Waals surface area contributed by atoms with E-state index in [4.69, 9.17) is 4.74 Å². The third-order valence-corrected chi connectivity index (χ3v) is 3.72. The van der Waals surface area contributed by atoms with E-state index in [0.29, 0.717) is 13.2 Å². The van der Waals surface area contributed by atoms with Gasteiger partial charge in [0.05, 0.1) is 18.4 Å². The van der Waals surface area contributed by atoms with Crippen molar-refractivity contribution in [1.82, 2.24) is 9.88 Å². The van der Waals surface area contributed by atoms with Crippen molar-refractivity contribution in [3.63, 3.8) is 0 Å². The zero-order valence-corrected chi connectivity index (χ0v) is 12.6. The number of nitrogens with zero attached hydrogens (tertiary/aromatic N) is 2. The molecule has 6 heteroatoms. The molecule has 1 fully saturated rings. The first kappa shape index (κ1) is 15.8. The van der Waals surface area contributed by atoms with Gasteiger partial charge in [-0.15, -0.1) is 0 Å². The number of rotatable bonds is 5. The highest BCUT2D eigenvalue weighted by atomic mass is 19.3. The summed E-state index contributed by atoms with van der Waals surface area (Å²) in [5.41, 5.74) is 1.84. The van der Waals surface area contributed by atoms with E-state index in [1.165, 1.54) is 6.07 Å². The normalized spacial score (nSPS) is 19.0. The van der Waals surface area contributed by atoms with E-state index in [-0.39, 0.29) is 11.9 Å². The zero-order chi connectivity index (χ0) is 16.1. The number of morpholine rings is 1. The number of pyridine rings is 1. The number of aromatic nitrogens is 1. The van der Waals surface area contributed by atoms with Gasteiger partial charge >= 0.3 is 6.61 Å². The molecule has 1 aromatic carbocycles. The fourth-order valence-corrected chi connectivity index (χ4v) is 2.66. The molecule has 2 heterocycles. The second-order valence-electron chi connectivity index (χ2n) is 5.37. The van der Waals surface area contributed by atoms with Crippen molar-refractivity contribution in [3.05, 3.63) is 59.9 Å². The minimum atomic E-state index is -2.82. The summed E-state index contributed by atoms with van der Waals surface area (Å²) < 4.78 is 34.9. The summed E-state index contributed by atoms with van der Waals surface area (Å²) >= 11 is 0. The molecule has 1 saturated heterocycles. The van der Waals surface area contributed by atoms with Gasteiger partial charge in [0.1, 0.15) is 5.75 Å². The molecule has 1 aliphatic heterocycles. The molecule has 1 atom stereocenters. The highest BCUT2D eigenvalue weighted by Crippen LogP contribution is 2.26. The van der Waals surface area contributed by atoms with Crippen LogP contribution >= 0.6 is 0 Å². The van der Waals surface area contributed by atoms with Crippen LogP contribution in [0.2, 0.25) is 0 Å². The molecular formula is C17H18F2N2O2. The van der Waals surface area contributed by atoms with Crippen LogP contribution < -0.4 is 4.74 Å². The van der Waals surface area contributed by atoms with Crippen LogP contribution in [0, 0.1) is 0 Å². The molecule has 23 heavy (non-hydrogen) atoms. The molecule has 0 saturated carbocycles. The molecule has 0 aliphatic carbocycles. The fourth-order valence-electron chi connectivity index (χ4n) is 2.66. The molecule has 122 valence electrons. The minimum Gasteiger partial charge on any atom is -0.435 e. The predicted molar refractivity (Wildman–Crippen MR) is 81.3 cm³/mol. The van der Waals surface area contributed by atoms with Crippen molar-refractivity contribution >= 4 is 0 Å². The Kier molecular flexibility index (Phi) is 5.15. The summed E-state index contributed by atoms with van der Waals surface area (Å²) in [4.78, 5) is 6.58. The highest BCUT2D eigenvalue weighted by molar-refractivity contribution is 5.30. The van der Waals surface area contributed by atoms with Crippen LogP contribution in [0.25, 0.3) is 0 Å². The Morgan fingerprint density at radius 1 is 1.26 bits per heavy atom. The van der Waals surface area contributed by atoms with Gasteiger partial charge in [0, 0.05) is 25.8 Å². The summed E-state index contributed by atoms with van der Waals surface area (Å²) in [5.74, 6) is 0.156. The summed E-state index contributed by atoms with van der Waals surface area (Å²) in [5, 5.41) is 0. The first-order chi connectivity index (χ1) is 11.2. The largest absolute Gasteiger partial charge is 0.435 e. The van der Waals surface area contributed by atoms with E-state index >= 15 is 0 Å². The molecule has 4 nitrogen and oxygen atoms in total. The summed E-state index contributed by atoms with van der Waals surface area (Å²) in [6.07, 6.45) is 1.62. The van der Waals surface area contributed by atoms with Crippen LogP contribution in [-0.4, -0.2) is 36.2 Å². The van der Waals surface area contributed by atoms with Crippen LogP contribution in [0.1, 0.15) is 17.4 Å². The molecular weight excluding hydrogens is 302 g/mol. The number of hydrogen-bond acceptors (Lipinski definition) is 4. The van der Waals surface area contributed by atoms with Gasteiger partial charge in [-0.25, -0.2) is 0 Å². The number of ether oxygens (including phenoxy) is 2. The highest BCUT2D eigenvalue weighted by Gasteiger charge is 2.22. The van der Waals surface area contributed by atoms with Gasteiger partial charge < -0.3 is 9.47 Å². The van der Waals surface area contributed by atoms with E-state index in [9.17, 15) is 8.78 Å². The second-order valence-corrected chi connectivity index (χ2v) is 5.37. The summed E-state index contributed by atoms with van der Waals surface area (Å²) in [7, 11) is 0. The van der Waals surface area contributed by atoms with Crippen LogP contribution in [0.15, 0.2) is 48.7 Å². The molecule has 0 amide bonds. The standard InChI is InChI=1S/C17H18F2N2O2/c18-17(19)23-15-6-3-4-13(10-15)16-12-21(8-9-22-16)11-14-5-1-2-7-20-14/h1-7,10,16-17H,8-9,11-12H2. The summed E-state index contributed by atoms with van der Waals surface area (Å²) in [6.45, 7) is 0.0264. The van der Waals surface area contributed by atoms with Crippen LogP contribution in [0.5, 0.6) is 5.75 Å². The average molecular weight is 320 g/mol. The molecule has 0 N–H and O–H groups in total. The van der Waals surface area contributed by atoms with Crippen molar-refractivity contribution in [2.24, 2.45) is 0 Å². The Balaban J connectivity index is 1.66. The molecule has 0 radical (unpaired) electrons. The van der Waals surface area contributed by atoms with Gasteiger partial charge in [-0.1, -0.05) is 18.2 Å². The number of hydrogen-bond donors (Lipinski definition) is 0. The number of halogens is 2. The summed E-state index contributed by atoms with van der Waals surface area (Å²) in [6, 6.07) is 12.5. The number of alkyl halides is 2. The van der Waals surface area contributed by atoms with E-state index < -0.39 is 6.61 Å². The smallest absolute Gasteiger partial charge is 0.387 e. The minimum absolute atomic E-state index is 0.156. The van der Waals surface area contributed by atoms with Gasteiger partial charge in [0.25, 0.3) is 0 Å². The van der Waals surface area contributed by atoms with Crippen molar-refractivity contribution in [2.75, 3.05) is 19.7 Å². The van der Waals surface area contributed by atoms with Crippen molar-refractivity contribution in [2.45, 2.75) is 19.3 Å². The lowest BCUT2D eigenvalue weighted by atomic mass is 10.1. The lowest BCUT2D eigenvalue weighted by molar-refractivity contribution is -0.0509. The Morgan fingerprint density at radius 3 is 2.96 bits per heavy atom. The lowest BCUT2D eigenvalue weighted by Crippen LogP contribution is -2.38. The van der Waals surface area contributed by atoms with E-state index in [1.54, 1.807) is 18.3 Å². The molecule has 2 aromatic rings. The van der Waals surface area contributed by atoms with E-state index in [1.807, 2.05) is 24.3 Å². The van der Waals surface area contributed by atoms with Gasteiger partial charge in [-0.05, 0) is 29.8 Å². The maximum Gasteiger partial charge on any atom is 0.387 e. The van der Waals surface area contributed by atoms with Gasteiger partial charge in [0.15, 0.2) is 0 Å². The quantitative estimate of drug-likeness (QED) is 0.847.